The second-order valence-electron chi connectivity index (χ2n) is 4.82. The summed E-state index contributed by atoms with van der Waals surface area (Å²) in [6.07, 6.45) is 0. The Morgan fingerprint density at radius 2 is 1.86 bits per heavy atom. The zero-order valence-electron chi connectivity index (χ0n) is 11.5. The zero-order valence-corrected chi connectivity index (χ0v) is 11.5. The van der Waals surface area contributed by atoms with Gasteiger partial charge in [0.1, 0.15) is 12.2 Å². The van der Waals surface area contributed by atoms with Crippen LogP contribution in [0.2, 0.25) is 0 Å². The van der Waals surface area contributed by atoms with E-state index in [1.807, 2.05) is 23.1 Å². The van der Waals surface area contributed by atoms with Gasteiger partial charge in [-0.25, -0.2) is 4.79 Å². The standard InChI is InChI=1S/C15H16N2O4/c18-14(16-11-4-2-1-3-5-11)13-12(10-21-15(13)19)17-6-8-20-9-7-17/h1-5H,6-10H2,(H,16,18). The molecule has 0 radical (unpaired) electrons. The Morgan fingerprint density at radius 1 is 1.14 bits per heavy atom. The largest absolute Gasteiger partial charge is 0.455 e. The van der Waals surface area contributed by atoms with Gasteiger partial charge in [0.25, 0.3) is 5.91 Å². The molecule has 2 aliphatic heterocycles. The number of carbonyl (C=O) groups excluding carboxylic acids is 2. The van der Waals surface area contributed by atoms with Gasteiger partial charge in [0.05, 0.1) is 18.9 Å². The number of hydrogen-bond acceptors (Lipinski definition) is 5. The van der Waals surface area contributed by atoms with Gasteiger partial charge in [-0.3, -0.25) is 4.79 Å². The van der Waals surface area contributed by atoms with Crippen LogP contribution in [0.3, 0.4) is 0 Å². The molecular formula is C15H16N2O4. The van der Waals surface area contributed by atoms with Crippen molar-refractivity contribution in [3.63, 3.8) is 0 Å². The van der Waals surface area contributed by atoms with Crippen LogP contribution in [0, 0.1) is 0 Å². The van der Waals surface area contributed by atoms with E-state index in [0.29, 0.717) is 37.7 Å². The van der Waals surface area contributed by atoms with Crippen LogP contribution in [0.5, 0.6) is 0 Å². The fourth-order valence-electron chi connectivity index (χ4n) is 2.42. The van der Waals surface area contributed by atoms with Crippen molar-refractivity contribution in [1.29, 1.82) is 0 Å². The van der Waals surface area contributed by atoms with E-state index in [-0.39, 0.29) is 12.2 Å². The molecule has 1 amide bonds. The number of cyclic esters (lactones) is 1. The van der Waals surface area contributed by atoms with Crippen LogP contribution in [0.1, 0.15) is 0 Å². The lowest BCUT2D eigenvalue weighted by molar-refractivity contribution is -0.137. The molecule has 1 N–H and O–H groups in total. The Kier molecular flexibility index (Phi) is 3.87. The minimum absolute atomic E-state index is 0.0979. The summed E-state index contributed by atoms with van der Waals surface area (Å²) in [7, 11) is 0. The van der Waals surface area contributed by atoms with Crippen molar-refractivity contribution in [3.05, 3.63) is 41.6 Å². The molecule has 21 heavy (non-hydrogen) atoms. The van der Waals surface area contributed by atoms with Crippen LogP contribution in [-0.2, 0) is 19.1 Å². The van der Waals surface area contributed by atoms with E-state index in [4.69, 9.17) is 9.47 Å². The number of ether oxygens (including phenoxy) is 2. The van der Waals surface area contributed by atoms with Gasteiger partial charge in [0.15, 0.2) is 0 Å². The van der Waals surface area contributed by atoms with Crippen molar-refractivity contribution in [2.24, 2.45) is 0 Å². The van der Waals surface area contributed by atoms with E-state index in [1.54, 1.807) is 12.1 Å². The highest BCUT2D eigenvalue weighted by Gasteiger charge is 2.34. The first-order valence-electron chi connectivity index (χ1n) is 6.85. The van der Waals surface area contributed by atoms with Gasteiger partial charge in [-0.05, 0) is 12.1 Å². The van der Waals surface area contributed by atoms with Gasteiger partial charge in [-0.2, -0.15) is 0 Å². The third kappa shape index (κ3) is 2.90. The smallest absolute Gasteiger partial charge is 0.346 e. The Bertz CT molecular complexity index is 577. The molecular weight excluding hydrogens is 272 g/mol. The van der Waals surface area contributed by atoms with E-state index in [0.717, 1.165) is 0 Å². The molecule has 1 aromatic rings. The summed E-state index contributed by atoms with van der Waals surface area (Å²) in [5.41, 5.74) is 1.40. The molecule has 6 heteroatoms. The lowest BCUT2D eigenvalue weighted by Gasteiger charge is -2.29. The molecule has 0 unspecified atom stereocenters. The Balaban J connectivity index is 1.82. The number of esters is 1. The lowest BCUT2D eigenvalue weighted by atomic mass is 10.2. The van der Waals surface area contributed by atoms with Crippen LogP contribution in [0.25, 0.3) is 0 Å². The predicted molar refractivity (Wildman–Crippen MR) is 75.4 cm³/mol. The molecule has 1 aromatic carbocycles. The quantitative estimate of drug-likeness (QED) is 0.657. The van der Waals surface area contributed by atoms with E-state index >= 15 is 0 Å². The van der Waals surface area contributed by atoms with Gasteiger partial charge < -0.3 is 19.7 Å². The van der Waals surface area contributed by atoms with Crippen LogP contribution in [0.15, 0.2) is 41.6 Å². The average molecular weight is 288 g/mol. The first kappa shape index (κ1) is 13.6. The number of rotatable bonds is 3. The molecule has 0 bridgehead atoms. The normalized spacial score (nSPS) is 18.7. The van der Waals surface area contributed by atoms with Crippen molar-refractivity contribution in [2.45, 2.75) is 0 Å². The second kappa shape index (κ2) is 5.97. The molecule has 1 saturated heterocycles. The number of carbonyl (C=O) groups is 2. The number of nitrogens with one attached hydrogen (secondary N) is 1. The highest BCUT2D eigenvalue weighted by Crippen LogP contribution is 2.22. The molecule has 3 rings (SSSR count). The monoisotopic (exact) mass is 288 g/mol. The highest BCUT2D eigenvalue weighted by atomic mass is 16.5. The minimum atomic E-state index is -0.565. The molecule has 0 atom stereocenters. The molecule has 0 saturated carbocycles. The number of morpholine rings is 1. The number of benzene rings is 1. The fraction of sp³-hybridized carbons (Fsp3) is 0.333. The summed E-state index contributed by atoms with van der Waals surface area (Å²) in [6.45, 7) is 2.65. The van der Waals surface area contributed by atoms with Crippen LogP contribution >= 0.6 is 0 Å². The number of amides is 1. The Labute approximate surface area is 122 Å². The summed E-state index contributed by atoms with van der Waals surface area (Å²) in [5.74, 6) is -0.991. The maximum atomic E-state index is 12.4. The molecule has 110 valence electrons. The molecule has 0 aliphatic carbocycles. The van der Waals surface area contributed by atoms with Gasteiger partial charge in [0.2, 0.25) is 0 Å². The summed E-state index contributed by atoms with van der Waals surface area (Å²) < 4.78 is 10.3. The summed E-state index contributed by atoms with van der Waals surface area (Å²) >= 11 is 0. The maximum Gasteiger partial charge on any atom is 0.346 e. The maximum absolute atomic E-state index is 12.4. The fourth-order valence-corrected chi connectivity index (χ4v) is 2.42. The first-order valence-corrected chi connectivity index (χ1v) is 6.85. The van der Waals surface area contributed by atoms with E-state index in [9.17, 15) is 9.59 Å². The Hall–Kier alpha value is -2.34. The van der Waals surface area contributed by atoms with Crippen LogP contribution < -0.4 is 5.32 Å². The van der Waals surface area contributed by atoms with Gasteiger partial charge in [-0.1, -0.05) is 18.2 Å². The van der Waals surface area contributed by atoms with Crippen molar-refractivity contribution in [2.75, 3.05) is 38.2 Å². The average Bonchev–Trinajstić information content (AvgIpc) is 2.91. The van der Waals surface area contributed by atoms with Gasteiger partial charge in [-0.15, -0.1) is 0 Å². The summed E-state index contributed by atoms with van der Waals surface area (Å²) in [4.78, 5) is 26.2. The number of para-hydroxylation sites is 1. The topological polar surface area (TPSA) is 67.9 Å². The van der Waals surface area contributed by atoms with Crippen LogP contribution in [0.4, 0.5) is 5.69 Å². The van der Waals surface area contributed by atoms with Gasteiger partial charge >= 0.3 is 5.97 Å². The van der Waals surface area contributed by atoms with Crippen molar-refractivity contribution < 1.29 is 19.1 Å². The molecule has 1 fully saturated rings. The number of nitrogens with zero attached hydrogens (tertiary/aromatic N) is 1. The van der Waals surface area contributed by atoms with E-state index < -0.39 is 11.9 Å². The lowest BCUT2D eigenvalue weighted by Crippen LogP contribution is -2.37. The number of anilines is 1. The SMILES string of the molecule is O=C(Nc1ccccc1)C1=C(N2CCOCC2)COC1=O. The van der Waals surface area contributed by atoms with Crippen molar-refractivity contribution in [3.8, 4) is 0 Å². The molecule has 2 heterocycles. The third-order valence-electron chi connectivity index (χ3n) is 3.48. The zero-order chi connectivity index (χ0) is 14.7. The predicted octanol–water partition coefficient (Wildman–Crippen LogP) is 0.768. The molecule has 0 spiro atoms. The number of hydrogen-bond donors (Lipinski definition) is 1. The third-order valence-corrected chi connectivity index (χ3v) is 3.48. The van der Waals surface area contributed by atoms with E-state index in [2.05, 4.69) is 5.32 Å². The summed E-state index contributed by atoms with van der Waals surface area (Å²) in [5, 5.41) is 2.73. The summed E-state index contributed by atoms with van der Waals surface area (Å²) in [6, 6.07) is 9.04. The molecule has 2 aliphatic rings. The van der Waals surface area contributed by atoms with Crippen molar-refractivity contribution in [1.82, 2.24) is 4.90 Å². The Morgan fingerprint density at radius 3 is 2.57 bits per heavy atom. The van der Waals surface area contributed by atoms with Gasteiger partial charge in [0, 0.05) is 18.8 Å². The molecule has 6 nitrogen and oxygen atoms in total. The second-order valence-corrected chi connectivity index (χ2v) is 4.82. The molecule has 0 aromatic heterocycles. The first-order chi connectivity index (χ1) is 10.3. The van der Waals surface area contributed by atoms with Crippen LogP contribution in [-0.4, -0.2) is 49.7 Å². The van der Waals surface area contributed by atoms with E-state index in [1.165, 1.54) is 0 Å². The van der Waals surface area contributed by atoms with Crippen molar-refractivity contribution >= 4 is 17.6 Å². The minimum Gasteiger partial charge on any atom is -0.455 e. The highest BCUT2D eigenvalue weighted by molar-refractivity contribution is 6.22.